The standard InChI is InChI=1S/C32H54N2Si2.4CH3.2Ti/c1-31(2,3)33-35(7,8)29-21-23-15-11-13-17-25(23)27(29)19-20-28-26-18-14-12-16-24(26)22-30(28)36(9,10)34-32(4,5)6;;;;;;/h11-18,23-30H,19-22H2,1-10H3;4*1H3;;/q-2;4*-1;2*+4. The van der Waals surface area contributed by atoms with E-state index in [1.807, 2.05) is 0 Å². The zero-order chi connectivity index (χ0) is 26.5. The molecular formula is C36H66N2Si2Ti2+2. The van der Waals surface area contributed by atoms with Crippen LogP contribution in [0.25, 0.3) is 9.96 Å². The molecule has 0 radical (unpaired) electrons. The molecule has 0 bridgehead atoms. The van der Waals surface area contributed by atoms with E-state index in [2.05, 4.69) is 116 Å². The first kappa shape index (κ1) is 47.2. The van der Waals surface area contributed by atoms with Gasteiger partial charge < -0.3 is 39.7 Å². The summed E-state index contributed by atoms with van der Waals surface area (Å²) in [5.41, 5.74) is 1.68. The number of nitrogens with zero attached hydrogens (tertiary/aromatic N) is 2. The van der Waals surface area contributed by atoms with Gasteiger partial charge in [-0.15, -0.1) is 11.1 Å². The van der Waals surface area contributed by atoms with Crippen LogP contribution in [0, 0.1) is 65.2 Å². The first-order valence-electron chi connectivity index (χ1n) is 14.8. The Morgan fingerprint density at radius 3 is 1.12 bits per heavy atom. The van der Waals surface area contributed by atoms with Crippen molar-refractivity contribution in [3.05, 3.63) is 88.3 Å². The third kappa shape index (κ3) is 11.2. The number of allylic oxidation sites excluding steroid dienone is 8. The van der Waals surface area contributed by atoms with Crippen LogP contribution in [-0.4, -0.2) is 27.5 Å². The Bertz CT molecular complexity index is 836. The Kier molecular flexibility index (Phi) is 19.8. The molecule has 0 heterocycles. The third-order valence-corrected chi connectivity index (χ3v) is 17.0. The van der Waals surface area contributed by atoms with Crippen molar-refractivity contribution < 1.29 is 43.4 Å². The molecule has 234 valence electrons. The number of hydrogen-bond donors (Lipinski definition) is 0. The summed E-state index contributed by atoms with van der Waals surface area (Å²) in [5, 5.41) is 0. The van der Waals surface area contributed by atoms with E-state index in [9.17, 15) is 0 Å². The molecule has 42 heavy (non-hydrogen) atoms. The van der Waals surface area contributed by atoms with Crippen molar-refractivity contribution in [1.29, 1.82) is 0 Å². The summed E-state index contributed by atoms with van der Waals surface area (Å²) in [7, 11) is -3.46. The Balaban J connectivity index is -0.00000253. The van der Waals surface area contributed by atoms with Gasteiger partial charge in [0.05, 0.1) is 0 Å². The maximum Gasteiger partial charge on any atom is 4.00 e. The van der Waals surface area contributed by atoms with E-state index in [0.29, 0.717) is 11.8 Å². The fraction of sp³-hybridized carbons (Fsp3) is 0.667. The maximum atomic E-state index is 5.53. The summed E-state index contributed by atoms with van der Waals surface area (Å²) in [6.07, 6.45) is 24.8. The van der Waals surface area contributed by atoms with E-state index in [1.54, 1.807) is 0 Å². The molecule has 8 unspecified atom stereocenters. The molecule has 0 aliphatic heterocycles. The summed E-state index contributed by atoms with van der Waals surface area (Å²) in [4.78, 5) is 11.1. The summed E-state index contributed by atoms with van der Waals surface area (Å²) in [6.45, 7) is 24.0. The van der Waals surface area contributed by atoms with Crippen LogP contribution in [0.1, 0.15) is 67.2 Å². The van der Waals surface area contributed by atoms with Gasteiger partial charge in [0, 0.05) is 0 Å². The van der Waals surface area contributed by atoms with Gasteiger partial charge in [0.1, 0.15) is 0 Å². The largest absolute Gasteiger partial charge is 4.00 e. The summed E-state index contributed by atoms with van der Waals surface area (Å²) >= 11 is 0. The molecule has 6 heteroatoms. The normalized spacial score (nSPS) is 31.2. The molecule has 2 fully saturated rings. The molecule has 2 nitrogen and oxygen atoms in total. The van der Waals surface area contributed by atoms with Crippen molar-refractivity contribution in [3.63, 3.8) is 0 Å². The molecule has 0 amide bonds. The van der Waals surface area contributed by atoms with Crippen LogP contribution in [0.5, 0.6) is 0 Å². The van der Waals surface area contributed by atoms with Gasteiger partial charge in [0.25, 0.3) is 0 Å². The fourth-order valence-electron chi connectivity index (χ4n) is 8.90. The van der Waals surface area contributed by atoms with E-state index in [4.69, 9.17) is 9.96 Å². The molecule has 0 saturated heterocycles. The minimum Gasteiger partial charge on any atom is -0.660 e. The second-order valence-corrected chi connectivity index (χ2v) is 24.0. The average Bonchev–Trinajstić information content (AvgIpc) is 3.28. The van der Waals surface area contributed by atoms with Crippen molar-refractivity contribution >= 4 is 16.5 Å². The van der Waals surface area contributed by atoms with Crippen molar-refractivity contribution in [3.8, 4) is 0 Å². The molecule has 0 aromatic rings. The van der Waals surface area contributed by atoms with Gasteiger partial charge in [-0.2, -0.15) is 0 Å². The van der Waals surface area contributed by atoms with Crippen LogP contribution in [0.3, 0.4) is 0 Å². The van der Waals surface area contributed by atoms with Gasteiger partial charge >= 0.3 is 43.4 Å². The monoisotopic (exact) mass is 678 g/mol. The molecule has 0 spiro atoms. The second-order valence-electron chi connectivity index (χ2n) is 15.5. The average molecular weight is 679 g/mol. The van der Waals surface area contributed by atoms with E-state index < -0.39 is 16.5 Å². The second kappa shape index (κ2) is 17.6. The minimum absolute atomic E-state index is 0. The van der Waals surface area contributed by atoms with E-state index in [0.717, 1.165) is 34.8 Å². The molecule has 4 aliphatic carbocycles. The van der Waals surface area contributed by atoms with Crippen LogP contribution in [-0.2, 0) is 43.4 Å². The van der Waals surface area contributed by atoms with Crippen LogP contribution in [0.2, 0.25) is 37.3 Å². The van der Waals surface area contributed by atoms with Crippen LogP contribution in [0.4, 0.5) is 0 Å². The summed E-state index contributed by atoms with van der Waals surface area (Å²) in [5.74, 6) is 4.41. The molecule has 4 aliphatic rings. The van der Waals surface area contributed by atoms with Gasteiger partial charge in [-0.1, -0.05) is 144 Å². The summed E-state index contributed by atoms with van der Waals surface area (Å²) in [6, 6.07) is 0. The van der Waals surface area contributed by atoms with Gasteiger partial charge in [-0.25, -0.2) is 0 Å². The van der Waals surface area contributed by atoms with Crippen molar-refractivity contribution in [1.82, 2.24) is 0 Å². The van der Waals surface area contributed by atoms with Crippen LogP contribution >= 0.6 is 0 Å². The van der Waals surface area contributed by atoms with E-state index in [1.165, 1.54) is 25.7 Å². The molecule has 4 rings (SSSR count). The van der Waals surface area contributed by atoms with Gasteiger partial charge in [-0.05, 0) is 61.2 Å². The third-order valence-electron chi connectivity index (χ3n) is 9.56. The predicted molar refractivity (Wildman–Crippen MR) is 190 cm³/mol. The van der Waals surface area contributed by atoms with Crippen LogP contribution in [0.15, 0.2) is 48.6 Å². The first-order valence-corrected chi connectivity index (χ1v) is 20.8. The van der Waals surface area contributed by atoms with E-state index in [-0.39, 0.29) is 84.2 Å². The minimum atomic E-state index is -1.73. The zero-order valence-corrected chi connectivity index (χ0v) is 35.1. The topological polar surface area (TPSA) is 28.2 Å². The maximum absolute atomic E-state index is 5.53. The predicted octanol–water partition coefficient (Wildman–Crippen LogP) is 11.8. The molecular weight excluding hydrogens is 612 g/mol. The Morgan fingerprint density at radius 1 is 0.548 bits per heavy atom. The molecule has 2 saturated carbocycles. The number of hydrogen-bond acceptors (Lipinski definition) is 0. The van der Waals surface area contributed by atoms with Gasteiger partial charge in [-0.3, -0.25) is 0 Å². The van der Waals surface area contributed by atoms with E-state index >= 15 is 0 Å². The Hall–Kier alpha value is 0.742. The number of rotatable bonds is 7. The van der Waals surface area contributed by atoms with Gasteiger partial charge in [0.2, 0.25) is 0 Å². The van der Waals surface area contributed by atoms with Gasteiger partial charge in [0.15, 0.2) is 0 Å². The Labute approximate surface area is 297 Å². The van der Waals surface area contributed by atoms with Crippen molar-refractivity contribution in [2.75, 3.05) is 0 Å². The molecule has 0 aromatic carbocycles. The van der Waals surface area contributed by atoms with Crippen LogP contribution < -0.4 is 0 Å². The first-order chi connectivity index (χ1) is 16.6. The smallest absolute Gasteiger partial charge is 0.660 e. The number of fused-ring (bicyclic) bond motifs is 2. The quantitative estimate of drug-likeness (QED) is 0.189. The van der Waals surface area contributed by atoms with Crippen molar-refractivity contribution in [2.24, 2.45) is 35.5 Å². The molecule has 0 aromatic heterocycles. The zero-order valence-electron chi connectivity index (χ0n) is 30.0. The fourth-order valence-corrected chi connectivity index (χ4v) is 17.3. The van der Waals surface area contributed by atoms with Crippen molar-refractivity contribution in [2.45, 2.75) is 116 Å². The SMILES string of the molecule is CC(C)(C)[N-][Si](C)(C)C1CC2C=CC=CC2C1CCC1C2C=CC=CC2CC1[Si](C)(C)[N-]C(C)(C)C.[CH3-].[CH3-].[CH3-].[CH3-].[Ti+4].[Ti+4]. The molecule has 0 N–H and O–H groups in total. The molecule has 8 atom stereocenters. The Morgan fingerprint density at radius 2 is 0.833 bits per heavy atom. The summed E-state index contributed by atoms with van der Waals surface area (Å²) < 4.78 is 0.